The largest absolute Gasteiger partial charge is 0.487 e. The predicted molar refractivity (Wildman–Crippen MR) is 56.4 cm³/mol. The van der Waals surface area contributed by atoms with Gasteiger partial charge >= 0.3 is 0 Å². The Morgan fingerprint density at radius 1 is 1.38 bits per heavy atom. The first-order valence-corrected chi connectivity index (χ1v) is 5.00. The first kappa shape index (κ1) is 10.8. The fraction of sp³-hybridized carbons (Fsp3) is 0.364. The molecule has 1 aromatic rings. The monoisotopic (exact) mass is 223 g/mol. The van der Waals surface area contributed by atoms with Crippen molar-refractivity contribution in [2.75, 3.05) is 19.8 Å². The standard InChI is InChI=1S/C11H13NO4/c12-11(13)7-16-10-4-2-1-3-9(10)15-6-8-5-14-8/h1-4,8H,5-7H2,(H2,12,13). The number of epoxide rings is 1. The lowest BCUT2D eigenvalue weighted by Crippen LogP contribution is -2.20. The van der Waals surface area contributed by atoms with Gasteiger partial charge in [-0.3, -0.25) is 4.79 Å². The molecule has 1 aromatic carbocycles. The number of nitrogens with two attached hydrogens (primary N) is 1. The smallest absolute Gasteiger partial charge is 0.255 e. The summed E-state index contributed by atoms with van der Waals surface area (Å²) in [6, 6.07) is 7.14. The molecule has 1 aliphatic heterocycles. The molecule has 86 valence electrons. The summed E-state index contributed by atoms with van der Waals surface area (Å²) in [7, 11) is 0. The lowest BCUT2D eigenvalue weighted by atomic mass is 10.3. The van der Waals surface area contributed by atoms with Gasteiger partial charge in [-0.05, 0) is 12.1 Å². The van der Waals surface area contributed by atoms with Gasteiger partial charge in [0.1, 0.15) is 12.7 Å². The van der Waals surface area contributed by atoms with Gasteiger partial charge in [-0.1, -0.05) is 12.1 Å². The van der Waals surface area contributed by atoms with Crippen LogP contribution in [0, 0.1) is 0 Å². The molecule has 1 saturated heterocycles. The Bertz CT molecular complexity index is 376. The van der Waals surface area contributed by atoms with Gasteiger partial charge in [0, 0.05) is 0 Å². The van der Waals surface area contributed by atoms with Crippen molar-refractivity contribution in [2.45, 2.75) is 6.10 Å². The molecule has 2 rings (SSSR count). The second-order valence-electron chi connectivity index (χ2n) is 3.47. The summed E-state index contributed by atoms with van der Waals surface area (Å²) >= 11 is 0. The normalized spacial score (nSPS) is 17.9. The number of amides is 1. The van der Waals surface area contributed by atoms with E-state index in [9.17, 15) is 4.79 Å². The van der Waals surface area contributed by atoms with Crippen molar-refractivity contribution >= 4 is 5.91 Å². The Morgan fingerprint density at radius 2 is 2.00 bits per heavy atom. The van der Waals surface area contributed by atoms with Crippen LogP contribution in [0.15, 0.2) is 24.3 Å². The van der Waals surface area contributed by atoms with Crippen molar-refractivity contribution in [1.29, 1.82) is 0 Å². The van der Waals surface area contributed by atoms with Crippen molar-refractivity contribution in [3.05, 3.63) is 24.3 Å². The van der Waals surface area contributed by atoms with Gasteiger partial charge in [0.05, 0.1) is 6.61 Å². The lowest BCUT2D eigenvalue weighted by Gasteiger charge is -2.10. The summed E-state index contributed by atoms with van der Waals surface area (Å²) < 4.78 is 15.7. The highest BCUT2D eigenvalue weighted by Gasteiger charge is 2.23. The molecule has 16 heavy (non-hydrogen) atoms. The summed E-state index contributed by atoms with van der Waals surface area (Å²) in [5.74, 6) is 0.599. The van der Waals surface area contributed by atoms with Gasteiger partial charge in [-0.15, -0.1) is 0 Å². The lowest BCUT2D eigenvalue weighted by molar-refractivity contribution is -0.119. The molecule has 1 fully saturated rings. The molecule has 1 atom stereocenters. The Labute approximate surface area is 93.1 Å². The van der Waals surface area contributed by atoms with E-state index in [-0.39, 0.29) is 12.7 Å². The van der Waals surface area contributed by atoms with Crippen molar-refractivity contribution < 1.29 is 19.0 Å². The SMILES string of the molecule is NC(=O)COc1ccccc1OCC1CO1. The second-order valence-corrected chi connectivity index (χ2v) is 3.47. The summed E-state index contributed by atoms with van der Waals surface area (Å²) in [6.45, 7) is 1.08. The number of hydrogen-bond donors (Lipinski definition) is 1. The zero-order valence-corrected chi connectivity index (χ0v) is 8.72. The van der Waals surface area contributed by atoms with Crippen LogP contribution in [-0.4, -0.2) is 31.8 Å². The average molecular weight is 223 g/mol. The molecule has 5 nitrogen and oxygen atoms in total. The first-order valence-electron chi connectivity index (χ1n) is 5.00. The highest BCUT2D eigenvalue weighted by Crippen LogP contribution is 2.27. The minimum Gasteiger partial charge on any atom is -0.487 e. The molecular weight excluding hydrogens is 210 g/mol. The van der Waals surface area contributed by atoms with Gasteiger partial charge in [-0.2, -0.15) is 0 Å². The Morgan fingerprint density at radius 3 is 2.56 bits per heavy atom. The van der Waals surface area contributed by atoms with Crippen molar-refractivity contribution in [3.63, 3.8) is 0 Å². The number of benzene rings is 1. The van der Waals surface area contributed by atoms with Gasteiger partial charge in [0.25, 0.3) is 5.91 Å². The molecule has 1 amide bonds. The third-order valence-electron chi connectivity index (χ3n) is 2.05. The molecule has 0 spiro atoms. The van der Waals surface area contributed by atoms with Gasteiger partial charge < -0.3 is 19.9 Å². The summed E-state index contributed by atoms with van der Waals surface area (Å²) in [6.07, 6.45) is 0.184. The maximum absolute atomic E-state index is 10.6. The fourth-order valence-electron chi connectivity index (χ4n) is 1.18. The van der Waals surface area contributed by atoms with Crippen LogP contribution in [-0.2, 0) is 9.53 Å². The molecular formula is C11H13NO4. The van der Waals surface area contributed by atoms with Crippen LogP contribution in [0.3, 0.4) is 0 Å². The van der Waals surface area contributed by atoms with Gasteiger partial charge in [-0.25, -0.2) is 0 Å². The quantitative estimate of drug-likeness (QED) is 0.705. The molecule has 0 aromatic heterocycles. The number of ether oxygens (including phenoxy) is 3. The molecule has 1 aliphatic rings. The van der Waals surface area contributed by atoms with Gasteiger partial charge in [0.15, 0.2) is 18.1 Å². The van der Waals surface area contributed by atoms with E-state index in [2.05, 4.69) is 0 Å². The molecule has 1 unspecified atom stereocenters. The maximum Gasteiger partial charge on any atom is 0.255 e. The van der Waals surface area contributed by atoms with Crippen LogP contribution in [0.4, 0.5) is 0 Å². The number of carbonyl (C=O) groups excluding carboxylic acids is 1. The molecule has 5 heteroatoms. The van der Waals surface area contributed by atoms with Crippen molar-refractivity contribution in [1.82, 2.24) is 0 Å². The van der Waals surface area contributed by atoms with E-state index >= 15 is 0 Å². The highest BCUT2D eigenvalue weighted by atomic mass is 16.6. The van der Waals surface area contributed by atoms with Crippen LogP contribution in [0.2, 0.25) is 0 Å². The molecule has 1 heterocycles. The highest BCUT2D eigenvalue weighted by molar-refractivity contribution is 5.75. The van der Waals surface area contributed by atoms with Gasteiger partial charge in [0.2, 0.25) is 0 Å². The van der Waals surface area contributed by atoms with E-state index in [0.717, 1.165) is 6.61 Å². The molecule has 0 bridgehead atoms. The summed E-state index contributed by atoms with van der Waals surface area (Å²) in [5, 5.41) is 0. The number of hydrogen-bond acceptors (Lipinski definition) is 4. The first-order chi connectivity index (χ1) is 7.75. The van der Waals surface area contributed by atoms with Crippen molar-refractivity contribution in [3.8, 4) is 11.5 Å². The summed E-state index contributed by atoms with van der Waals surface area (Å²) in [4.78, 5) is 10.6. The maximum atomic E-state index is 10.6. The van der Waals surface area contributed by atoms with Crippen LogP contribution in [0.25, 0.3) is 0 Å². The Balaban J connectivity index is 1.94. The van der Waals surface area contributed by atoms with E-state index < -0.39 is 5.91 Å². The van der Waals surface area contributed by atoms with Crippen LogP contribution in [0.1, 0.15) is 0 Å². The fourth-order valence-corrected chi connectivity index (χ4v) is 1.18. The van der Waals surface area contributed by atoms with E-state index in [4.69, 9.17) is 19.9 Å². The number of carbonyl (C=O) groups is 1. The Kier molecular flexibility index (Phi) is 3.26. The minimum atomic E-state index is -0.514. The van der Waals surface area contributed by atoms with Crippen LogP contribution >= 0.6 is 0 Å². The van der Waals surface area contributed by atoms with E-state index in [1.165, 1.54) is 0 Å². The average Bonchev–Trinajstić information content (AvgIpc) is 3.08. The molecule has 2 N–H and O–H groups in total. The zero-order valence-electron chi connectivity index (χ0n) is 8.72. The molecule has 0 saturated carbocycles. The van der Waals surface area contributed by atoms with Crippen LogP contribution < -0.4 is 15.2 Å². The number of rotatable bonds is 6. The predicted octanol–water partition coefficient (Wildman–Crippen LogP) is 0.328. The van der Waals surface area contributed by atoms with E-state index in [1.807, 2.05) is 6.07 Å². The zero-order chi connectivity index (χ0) is 11.4. The molecule has 0 aliphatic carbocycles. The third-order valence-corrected chi connectivity index (χ3v) is 2.05. The minimum absolute atomic E-state index is 0.152. The number of para-hydroxylation sites is 2. The topological polar surface area (TPSA) is 74.1 Å². The third kappa shape index (κ3) is 3.13. The second kappa shape index (κ2) is 4.85. The number of primary amides is 1. The summed E-state index contributed by atoms with van der Waals surface area (Å²) in [5.41, 5.74) is 5.00. The van der Waals surface area contributed by atoms with Crippen LogP contribution in [0.5, 0.6) is 11.5 Å². The van der Waals surface area contributed by atoms with E-state index in [1.54, 1.807) is 18.2 Å². The molecule has 0 radical (unpaired) electrons. The van der Waals surface area contributed by atoms with Crippen molar-refractivity contribution in [2.24, 2.45) is 5.73 Å². The van der Waals surface area contributed by atoms with E-state index in [0.29, 0.717) is 18.1 Å². The Hall–Kier alpha value is -1.75.